The lowest BCUT2D eigenvalue weighted by molar-refractivity contribution is 0.107. The van der Waals surface area contributed by atoms with Crippen LogP contribution in [0, 0.1) is 35.5 Å². The molecule has 0 amide bonds. The molecule has 2 saturated heterocycles. The molecule has 6 saturated carbocycles. The average molecular weight is 1400 g/mol. The van der Waals surface area contributed by atoms with E-state index < -0.39 is 0 Å². The quantitative estimate of drug-likeness (QED) is 0.0263. The summed E-state index contributed by atoms with van der Waals surface area (Å²) in [5.74, 6) is 3.26. The summed E-state index contributed by atoms with van der Waals surface area (Å²) in [5, 5.41) is 60.0. The fraction of sp³-hybridized carbons (Fsp3) is 0.632. The number of fused-ring (bicyclic) bond motifs is 2. The monoisotopic (exact) mass is 1400 g/mol. The first-order valence-electron chi connectivity index (χ1n) is 35.7. The standard InChI is InChI=1S/4C15H21NO2S.2C8H15NO/c2*1-16-10-9-11-7-8-13(14(11)17)19-15(18)12-5-3-2-4-6-12;2*1-16-10-9-11-7-8-13(17)14(11)19-15(18)12-5-3-2-4-6-12;2*1-9-5-4-6-2-3-7-8(6)10-7/h4*2-6,11,13-14,16-17H,7-10H2,1H3;2*6-9H,2-5H2,1H3/t2*11-,13+,14+;2*11-,13-,14-;2*6-,7-,8+/m101010/s1. The summed E-state index contributed by atoms with van der Waals surface area (Å²) in [6.07, 6.45) is 20.8. The van der Waals surface area contributed by atoms with Gasteiger partial charge in [0.05, 0.1) is 48.8 Å². The first-order chi connectivity index (χ1) is 46.7. The number of hydrogen-bond acceptors (Lipinski definition) is 20. The number of hydrogen-bond donors (Lipinski definition) is 10. The zero-order valence-corrected chi connectivity index (χ0v) is 61.0. The summed E-state index contributed by atoms with van der Waals surface area (Å²) in [6.45, 7) is 6.02. The van der Waals surface area contributed by atoms with Crippen LogP contribution in [-0.2, 0) is 9.47 Å². The zero-order valence-electron chi connectivity index (χ0n) is 57.8. The van der Waals surface area contributed by atoms with Gasteiger partial charge in [-0.25, -0.2) is 0 Å². The second kappa shape index (κ2) is 44.0. The van der Waals surface area contributed by atoms with Crippen LogP contribution in [0.4, 0.5) is 0 Å². The number of nitrogens with one attached hydrogen (secondary N) is 6. The van der Waals surface area contributed by atoms with E-state index in [0.717, 1.165) is 150 Å². The molecule has 20 heteroatoms. The van der Waals surface area contributed by atoms with Gasteiger partial charge < -0.3 is 61.8 Å². The van der Waals surface area contributed by atoms with Crippen LogP contribution in [0.3, 0.4) is 0 Å². The van der Waals surface area contributed by atoms with Crippen molar-refractivity contribution in [2.24, 2.45) is 35.5 Å². The van der Waals surface area contributed by atoms with E-state index in [9.17, 15) is 39.6 Å². The minimum atomic E-state index is -0.356. The van der Waals surface area contributed by atoms with Gasteiger partial charge in [-0.15, -0.1) is 0 Å². The Morgan fingerprint density at radius 3 is 0.844 bits per heavy atom. The molecule has 6 aliphatic carbocycles. The molecule has 0 spiro atoms. The fourth-order valence-electron chi connectivity index (χ4n) is 14.3. The Balaban J connectivity index is 0.000000165. The minimum Gasteiger partial charge on any atom is -0.392 e. The first-order valence-corrected chi connectivity index (χ1v) is 39.2. The van der Waals surface area contributed by atoms with Gasteiger partial charge in [0.2, 0.25) is 20.5 Å². The molecule has 0 aromatic heterocycles. The summed E-state index contributed by atoms with van der Waals surface area (Å²) in [6, 6.07) is 37.2. The number of rotatable bonds is 26. The van der Waals surface area contributed by atoms with Crippen molar-refractivity contribution in [2.75, 3.05) is 81.6 Å². The summed E-state index contributed by atoms with van der Waals surface area (Å²) in [4.78, 5) is 48.6. The molecule has 12 rings (SSSR count). The number of ether oxygens (including phenoxy) is 2. The molecule has 0 bridgehead atoms. The Kier molecular flexibility index (Phi) is 36.6. The lowest BCUT2D eigenvalue weighted by Crippen LogP contribution is -2.26. The number of aliphatic hydroxyl groups excluding tert-OH is 4. The van der Waals surface area contributed by atoms with Crippen LogP contribution in [0.5, 0.6) is 0 Å². The molecule has 18 atom stereocenters. The molecule has 10 N–H and O–H groups in total. The second-order valence-electron chi connectivity index (χ2n) is 26.9. The van der Waals surface area contributed by atoms with Gasteiger partial charge in [0, 0.05) is 43.3 Å². The maximum atomic E-state index is 12.2. The molecule has 2 heterocycles. The second-order valence-corrected chi connectivity index (χ2v) is 31.6. The topological polar surface area (TPSA) is 246 Å². The predicted octanol–water partition coefficient (Wildman–Crippen LogP) is 10.8. The van der Waals surface area contributed by atoms with Gasteiger partial charge in [0.25, 0.3) is 0 Å². The highest BCUT2D eigenvalue weighted by atomic mass is 32.2. The summed E-state index contributed by atoms with van der Waals surface area (Å²) >= 11 is 5.21. The zero-order chi connectivity index (χ0) is 68.6. The maximum absolute atomic E-state index is 12.2. The molecule has 16 nitrogen and oxygen atoms in total. The van der Waals surface area contributed by atoms with Gasteiger partial charge >= 0.3 is 0 Å². The van der Waals surface area contributed by atoms with Gasteiger partial charge in [-0.05, 0) is 233 Å². The molecule has 532 valence electrons. The van der Waals surface area contributed by atoms with E-state index in [1.807, 2.05) is 164 Å². The van der Waals surface area contributed by atoms with Crippen molar-refractivity contribution in [1.82, 2.24) is 31.9 Å². The van der Waals surface area contributed by atoms with Crippen molar-refractivity contribution in [3.05, 3.63) is 144 Å². The van der Waals surface area contributed by atoms with E-state index >= 15 is 0 Å². The molecule has 8 aliphatic rings. The van der Waals surface area contributed by atoms with E-state index in [1.54, 1.807) is 0 Å². The molecule has 8 fully saturated rings. The predicted molar refractivity (Wildman–Crippen MR) is 398 cm³/mol. The molecular weight excluding hydrogens is 1290 g/mol. The largest absolute Gasteiger partial charge is 0.392 e. The fourth-order valence-corrected chi connectivity index (χ4v) is 19.2. The summed E-state index contributed by atoms with van der Waals surface area (Å²) < 4.78 is 10.9. The minimum absolute atomic E-state index is 0.0426. The third kappa shape index (κ3) is 26.1. The molecule has 0 unspecified atom stereocenters. The number of benzene rings is 4. The van der Waals surface area contributed by atoms with Crippen LogP contribution in [-0.4, -0.2) is 192 Å². The van der Waals surface area contributed by atoms with Crippen LogP contribution >= 0.6 is 47.0 Å². The van der Waals surface area contributed by atoms with E-state index in [2.05, 4.69) is 31.9 Å². The van der Waals surface area contributed by atoms with Gasteiger partial charge in [-0.3, -0.25) is 19.2 Å². The van der Waals surface area contributed by atoms with Crippen molar-refractivity contribution in [1.29, 1.82) is 0 Å². The Morgan fingerprint density at radius 1 is 0.333 bits per heavy atom. The number of aliphatic hydroxyl groups is 4. The van der Waals surface area contributed by atoms with Gasteiger partial charge in [0.15, 0.2) is 0 Å². The van der Waals surface area contributed by atoms with E-state index in [-0.39, 0.29) is 65.9 Å². The van der Waals surface area contributed by atoms with Crippen LogP contribution < -0.4 is 31.9 Å². The van der Waals surface area contributed by atoms with Crippen LogP contribution in [0.25, 0.3) is 0 Å². The highest BCUT2D eigenvalue weighted by Gasteiger charge is 2.50. The Bertz CT molecular complexity index is 2640. The summed E-state index contributed by atoms with van der Waals surface area (Å²) in [7, 11) is 11.7. The number of carbonyl (C=O) groups is 4. The van der Waals surface area contributed by atoms with Gasteiger partial charge in [-0.1, -0.05) is 168 Å². The van der Waals surface area contributed by atoms with Crippen LogP contribution in [0.1, 0.15) is 157 Å². The lowest BCUT2D eigenvalue weighted by atomic mass is 10.0. The third-order valence-corrected chi connectivity index (χ3v) is 25.6. The molecule has 4 aromatic rings. The van der Waals surface area contributed by atoms with Crippen molar-refractivity contribution in [2.45, 2.75) is 185 Å². The Hall–Kier alpha value is -3.52. The molecule has 2 aliphatic heterocycles. The lowest BCUT2D eigenvalue weighted by Gasteiger charge is -2.20. The Morgan fingerprint density at radius 2 is 0.583 bits per heavy atom. The molecule has 0 radical (unpaired) electrons. The molecule has 96 heavy (non-hydrogen) atoms. The van der Waals surface area contributed by atoms with Crippen molar-refractivity contribution in [3.8, 4) is 0 Å². The van der Waals surface area contributed by atoms with Gasteiger partial charge in [0.1, 0.15) is 0 Å². The average Bonchev–Trinajstić information content (AvgIpc) is 1.64. The SMILES string of the molecule is CNCC[C@@H]1CC[C@@H](SC(=O)c2ccccc2)[C@@H]1O.CNCC[C@@H]1CC[C@@H]2O[C@H]12.CNCC[C@@H]1CC[C@H](O)[C@H]1SC(=O)c1ccccc1.CNCC[C@H]1CC[C@@H](O)[C@@H]1SC(=O)c1ccccc1.CNCC[C@H]1CC[C@H](SC(=O)c2ccccc2)[C@H]1O.CNCC[C@H]1CC[C@H]2O[C@@H]12. The maximum Gasteiger partial charge on any atom is 0.219 e. The first kappa shape index (κ1) is 79.8. The highest BCUT2D eigenvalue weighted by Crippen LogP contribution is 2.46. The Labute approximate surface area is 590 Å². The van der Waals surface area contributed by atoms with E-state index in [1.165, 1.54) is 85.6 Å². The van der Waals surface area contributed by atoms with Crippen molar-refractivity contribution >= 4 is 67.5 Å². The van der Waals surface area contributed by atoms with E-state index in [4.69, 9.17) is 9.47 Å². The normalized spacial score (nSPS) is 30.1. The van der Waals surface area contributed by atoms with Crippen molar-refractivity contribution < 1.29 is 49.1 Å². The molecule has 4 aromatic carbocycles. The van der Waals surface area contributed by atoms with Gasteiger partial charge in [-0.2, -0.15) is 0 Å². The molecular formula is C76H114N6O10S4. The van der Waals surface area contributed by atoms with E-state index in [0.29, 0.717) is 48.1 Å². The van der Waals surface area contributed by atoms with Crippen LogP contribution in [0.2, 0.25) is 0 Å². The van der Waals surface area contributed by atoms with Crippen LogP contribution in [0.15, 0.2) is 121 Å². The summed E-state index contributed by atoms with van der Waals surface area (Å²) in [5.41, 5.74) is 2.88. The van der Waals surface area contributed by atoms with Crippen molar-refractivity contribution in [3.63, 3.8) is 0 Å². The number of thioether (sulfide) groups is 4. The number of epoxide rings is 2. The highest BCUT2D eigenvalue weighted by molar-refractivity contribution is 8.15. The number of carbonyl (C=O) groups excluding carboxylic acids is 4. The third-order valence-electron chi connectivity index (χ3n) is 20.2. The smallest absolute Gasteiger partial charge is 0.219 e.